The van der Waals surface area contributed by atoms with Gasteiger partial charge in [-0.05, 0) is 25.0 Å². The molecule has 1 aliphatic rings. The summed E-state index contributed by atoms with van der Waals surface area (Å²) in [5, 5.41) is 12.0. The van der Waals surface area contributed by atoms with E-state index in [1.807, 2.05) is 6.07 Å². The first-order chi connectivity index (χ1) is 8.61. The van der Waals surface area contributed by atoms with E-state index in [1.54, 1.807) is 19.2 Å². The van der Waals surface area contributed by atoms with Crippen molar-refractivity contribution in [2.75, 3.05) is 7.11 Å². The molecule has 5 nitrogen and oxygen atoms in total. The van der Waals surface area contributed by atoms with Crippen LogP contribution in [0.15, 0.2) is 18.2 Å². The molecule has 3 N–H and O–H groups in total. The van der Waals surface area contributed by atoms with Crippen LogP contribution in [0.25, 0.3) is 0 Å². The molecule has 0 aromatic heterocycles. The monoisotopic (exact) mass is 245 g/mol. The van der Waals surface area contributed by atoms with Gasteiger partial charge in [-0.2, -0.15) is 5.26 Å². The minimum Gasteiger partial charge on any atom is -0.496 e. The number of nitriles is 1. The lowest BCUT2D eigenvalue weighted by molar-refractivity contribution is -0.121. The van der Waals surface area contributed by atoms with Crippen LogP contribution < -0.4 is 15.8 Å². The summed E-state index contributed by atoms with van der Waals surface area (Å²) in [6.07, 6.45) is 1.56. The van der Waals surface area contributed by atoms with Crippen LogP contribution in [0.2, 0.25) is 0 Å². The van der Waals surface area contributed by atoms with Crippen LogP contribution in [0.4, 0.5) is 0 Å². The SMILES string of the molecule is COc1cc(C#N)ccc1CNC1(C(N)=O)CC1. The molecule has 5 heteroatoms. The smallest absolute Gasteiger partial charge is 0.237 e. The van der Waals surface area contributed by atoms with E-state index in [2.05, 4.69) is 11.4 Å². The highest BCUT2D eigenvalue weighted by Gasteiger charge is 2.48. The Balaban J connectivity index is 2.10. The largest absolute Gasteiger partial charge is 0.496 e. The Morgan fingerprint density at radius 2 is 2.33 bits per heavy atom. The van der Waals surface area contributed by atoms with Crippen LogP contribution in [0.3, 0.4) is 0 Å². The standard InChI is InChI=1S/C13H15N3O2/c1-18-11-6-9(7-14)2-3-10(11)8-16-13(4-5-13)12(15)17/h2-3,6,16H,4-5,8H2,1H3,(H2,15,17). The Morgan fingerprint density at radius 3 is 2.83 bits per heavy atom. The maximum atomic E-state index is 11.2. The maximum absolute atomic E-state index is 11.2. The van der Waals surface area contributed by atoms with E-state index in [0.717, 1.165) is 18.4 Å². The highest BCUT2D eigenvalue weighted by molar-refractivity contribution is 5.87. The number of nitrogens with zero attached hydrogens (tertiary/aromatic N) is 1. The van der Waals surface area contributed by atoms with Crippen molar-refractivity contribution < 1.29 is 9.53 Å². The molecule has 0 spiro atoms. The average Bonchev–Trinajstić information content (AvgIpc) is 3.17. The third kappa shape index (κ3) is 2.29. The number of methoxy groups -OCH3 is 1. The highest BCUT2D eigenvalue weighted by Crippen LogP contribution is 2.35. The van der Waals surface area contributed by atoms with Gasteiger partial charge >= 0.3 is 0 Å². The number of carbonyl (C=O) groups is 1. The van der Waals surface area contributed by atoms with E-state index in [9.17, 15) is 4.79 Å². The van der Waals surface area contributed by atoms with E-state index in [1.165, 1.54) is 0 Å². The van der Waals surface area contributed by atoms with E-state index in [-0.39, 0.29) is 5.91 Å². The number of hydrogen-bond donors (Lipinski definition) is 2. The number of hydrogen-bond acceptors (Lipinski definition) is 4. The topological polar surface area (TPSA) is 88.1 Å². The summed E-state index contributed by atoms with van der Waals surface area (Å²) >= 11 is 0. The lowest BCUT2D eigenvalue weighted by Crippen LogP contribution is -2.43. The van der Waals surface area contributed by atoms with Crippen molar-refractivity contribution in [2.24, 2.45) is 5.73 Å². The van der Waals surface area contributed by atoms with Gasteiger partial charge in [-0.3, -0.25) is 10.1 Å². The first-order valence-corrected chi connectivity index (χ1v) is 5.73. The summed E-state index contributed by atoms with van der Waals surface area (Å²) in [7, 11) is 1.56. The molecule has 0 radical (unpaired) electrons. The molecule has 0 saturated heterocycles. The Bertz CT molecular complexity index is 515. The van der Waals surface area contributed by atoms with E-state index in [4.69, 9.17) is 15.7 Å². The molecule has 2 rings (SSSR count). The van der Waals surface area contributed by atoms with Crippen molar-refractivity contribution >= 4 is 5.91 Å². The second-order valence-electron chi connectivity index (χ2n) is 4.44. The fourth-order valence-electron chi connectivity index (χ4n) is 1.86. The molecule has 0 heterocycles. The van der Waals surface area contributed by atoms with Crippen LogP contribution in [-0.2, 0) is 11.3 Å². The van der Waals surface area contributed by atoms with Crippen molar-refractivity contribution in [2.45, 2.75) is 24.9 Å². The summed E-state index contributed by atoms with van der Waals surface area (Å²) in [6.45, 7) is 0.498. The number of primary amides is 1. The van der Waals surface area contributed by atoms with Crippen molar-refractivity contribution in [3.05, 3.63) is 29.3 Å². The van der Waals surface area contributed by atoms with Gasteiger partial charge < -0.3 is 10.5 Å². The number of nitrogens with one attached hydrogen (secondary N) is 1. The Morgan fingerprint density at radius 1 is 1.61 bits per heavy atom. The fraction of sp³-hybridized carbons (Fsp3) is 0.385. The molecular weight excluding hydrogens is 230 g/mol. The predicted octanol–water partition coefficient (Wildman–Crippen LogP) is 0.674. The lowest BCUT2D eigenvalue weighted by Gasteiger charge is -2.15. The number of nitrogens with two attached hydrogens (primary N) is 1. The number of ether oxygens (including phenoxy) is 1. The van der Waals surface area contributed by atoms with Crippen molar-refractivity contribution in [1.82, 2.24) is 5.32 Å². The van der Waals surface area contributed by atoms with Gasteiger partial charge in [0.15, 0.2) is 0 Å². The van der Waals surface area contributed by atoms with Gasteiger partial charge in [0.05, 0.1) is 24.3 Å². The molecule has 1 aliphatic carbocycles. The molecular formula is C13H15N3O2. The normalized spacial score (nSPS) is 15.8. The summed E-state index contributed by atoms with van der Waals surface area (Å²) in [5.74, 6) is 0.330. The third-order valence-electron chi connectivity index (χ3n) is 3.26. The molecule has 0 unspecified atom stereocenters. The van der Waals surface area contributed by atoms with Crippen LogP contribution in [0, 0.1) is 11.3 Å². The van der Waals surface area contributed by atoms with E-state index < -0.39 is 5.54 Å². The number of carbonyl (C=O) groups excluding carboxylic acids is 1. The van der Waals surface area contributed by atoms with E-state index >= 15 is 0 Å². The quantitative estimate of drug-likeness (QED) is 0.798. The van der Waals surface area contributed by atoms with Gasteiger partial charge in [0.25, 0.3) is 0 Å². The Hall–Kier alpha value is -2.06. The first kappa shape index (κ1) is 12.4. The summed E-state index contributed by atoms with van der Waals surface area (Å²) in [6, 6.07) is 7.29. The second-order valence-corrected chi connectivity index (χ2v) is 4.44. The maximum Gasteiger partial charge on any atom is 0.237 e. The van der Waals surface area contributed by atoms with Crippen molar-refractivity contribution in [3.63, 3.8) is 0 Å². The molecule has 1 fully saturated rings. The van der Waals surface area contributed by atoms with Crippen LogP contribution in [0.1, 0.15) is 24.0 Å². The van der Waals surface area contributed by atoms with Gasteiger partial charge in [0.1, 0.15) is 5.75 Å². The minimum absolute atomic E-state index is 0.310. The Labute approximate surface area is 106 Å². The number of benzene rings is 1. The molecule has 1 aromatic rings. The predicted molar refractivity (Wildman–Crippen MR) is 65.7 cm³/mol. The van der Waals surface area contributed by atoms with Crippen LogP contribution >= 0.6 is 0 Å². The minimum atomic E-state index is -0.543. The lowest BCUT2D eigenvalue weighted by atomic mass is 10.1. The summed E-state index contributed by atoms with van der Waals surface area (Å²) in [5.41, 5.74) is 6.25. The van der Waals surface area contributed by atoms with Gasteiger partial charge in [-0.25, -0.2) is 0 Å². The van der Waals surface area contributed by atoms with Gasteiger partial charge in [0, 0.05) is 12.1 Å². The number of rotatable bonds is 5. The molecule has 1 aromatic carbocycles. The molecule has 0 aliphatic heterocycles. The van der Waals surface area contributed by atoms with Crippen molar-refractivity contribution in [3.8, 4) is 11.8 Å². The van der Waals surface area contributed by atoms with Gasteiger partial charge in [-0.1, -0.05) is 6.07 Å². The van der Waals surface area contributed by atoms with Crippen LogP contribution in [-0.4, -0.2) is 18.6 Å². The van der Waals surface area contributed by atoms with E-state index in [0.29, 0.717) is 17.9 Å². The zero-order valence-electron chi connectivity index (χ0n) is 10.2. The molecule has 18 heavy (non-hydrogen) atoms. The molecule has 0 bridgehead atoms. The second kappa shape index (κ2) is 4.67. The zero-order chi connectivity index (χ0) is 13.2. The summed E-state index contributed by atoms with van der Waals surface area (Å²) in [4.78, 5) is 11.2. The molecule has 1 amide bonds. The van der Waals surface area contributed by atoms with Crippen LogP contribution in [0.5, 0.6) is 5.75 Å². The Kier molecular flexibility index (Phi) is 3.21. The average molecular weight is 245 g/mol. The summed E-state index contributed by atoms with van der Waals surface area (Å²) < 4.78 is 5.23. The molecule has 1 saturated carbocycles. The molecule has 94 valence electrons. The fourth-order valence-corrected chi connectivity index (χ4v) is 1.86. The molecule has 0 atom stereocenters. The van der Waals surface area contributed by atoms with Gasteiger partial charge in [-0.15, -0.1) is 0 Å². The highest BCUT2D eigenvalue weighted by atomic mass is 16.5. The van der Waals surface area contributed by atoms with Crippen molar-refractivity contribution in [1.29, 1.82) is 5.26 Å². The first-order valence-electron chi connectivity index (χ1n) is 5.73. The van der Waals surface area contributed by atoms with Gasteiger partial charge in [0.2, 0.25) is 5.91 Å². The third-order valence-corrected chi connectivity index (χ3v) is 3.26. The zero-order valence-corrected chi connectivity index (χ0v) is 10.2. The number of amides is 1.